The third-order valence-electron chi connectivity index (χ3n) is 7.32. The maximum absolute atomic E-state index is 13.5. The number of anilines is 1. The fourth-order valence-corrected chi connectivity index (χ4v) is 5.32. The third kappa shape index (κ3) is 4.10. The predicted octanol–water partition coefficient (Wildman–Crippen LogP) is 3.93. The number of nitrogens with one attached hydrogen (secondary N) is 1. The Bertz CT molecular complexity index is 1530. The number of benzene rings is 3. The van der Waals surface area contributed by atoms with Crippen LogP contribution >= 0.6 is 0 Å². The summed E-state index contributed by atoms with van der Waals surface area (Å²) in [4.78, 5) is 31.8. The Hall–Kier alpha value is -3.48. The summed E-state index contributed by atoms with van der Waals surface area (Å²) in [6, 6.07) is 14.7. The highest BCUT2D eigenvalue weighted by Crippen LogP contribution is 2.41. The van der Waals surface area contributed by atoms with Crippen molar-refractivity contribution in [3.8, 4) is 0 Å². The molecule has 0 bridgehead atoms. The van der Waals surface area contributed by atoms with Crippen molar-refractivity contribution in [3.63, 3.8) is 0 Å². The highest BCUT2D eigenvalue weighted by atomic mass is 16.2. The normalized spacial score (nSPS) is 23.3. The van der Waals surface area contributed by atoms with E-state index in [2.05, 4.69) is 16.8 Å². The van der Waals surface area contributed by atoms with E-state index < -0.39 is 18.9 Å². The van der Waals surface area contributed by atoms with Crippen LogP contribution in [-0.4, -0.2) is 60.9 Å². The van der Waals surface area contributed by atoms with Crippen LogP contribution in [-0.2, 0) is 17.7 Å². The minimum atomic E-state index is -1.91. The molecule has 1 N–H and O–H groups in total. The van der Waals surface area contributed by atoms with E-state index in [1.54, 1.807) is 48.5 Å². The summed E-state index contributed by atoms with van der Waals surface area (Å²) in [5.74, 6) is -0.525. The molecule has 184 valence electrons. The average Bonchev–Trinajstić information content (AvgIpc) is 3.22. The monoisotopic (exact) mass is 484 g/mol. The van der Waals surface area contributed by atoms with Crippen LogP contribution in [0.2, 0.25) is 0 Å². The molecule has 0 aliphatic carbocycles. The molecule has 1 atom stereocenters. The van der Waals surface area contributed by atoms with Gasteiger partial charge in [-0.3, -0.25) is 19.4 Å². The Kier molecular flexibility index (Phi) is 4.78. The van der Waals surface area contributed by atoms with Gasteiger partial charge < -0.3 is 10.2 Å². The van der Waals surface area contributed by atoms with Crippen LogP contribution < -0.4 is 10.2 Å². The smallest absolute Gasteiger partial charge is 0.259 e. The number of amides is 2. The maximum Gasteiger partial charge on any atom is 0.259 e. The summed E-state index contributed by atoms with van der Waals surface area (Å²) >= 11 is 0. The van der Waals surface area contributed by atoms with Gasteiger partial charge in [0.15, 0.2) is 0 Å². The zero-order valence-electron chi connectivity index (χ0n) is 24.4. The molecule has 3 aromatic rings. The van der Waals surface area contributed by atoms with Crippen molar-refractivity contribution in [1.29, 1.82) is 0 Å². The Balaban J connectivity index is 1.35. The number of allylic oxidation sites excluding steroid dienone is 1. The van der Waals surface area contributed by atoms with Crippen molar-refractivity contribution in [2.75, 3.05) is 38.1 Å². The first-order valence-electron chi connectivity index (χ1n) is 14.4. The lowest BCUT2D eigenvalue weighted by atomic mass is 9.95. The molecule has 0 aromatic heterocycles. The summed E-state index contributed by atoms with van der Waals surface area (Å²) in [7, 11) is 2.03. The SMILES string of the molecule is [2H]C([2H])(c1ccc(C([2H])([2H])N2CCN(C)CC2)cc1)c1ccc2c3c(cccc13)C(=O)N2C1CCC(=C)NC1=O. The summed E-state index contributed by atoms with van der Waals surface area (Å²) < 4.78 is 35.7. The summed E-state index contributed by atoms with van der Waals surface area (Å²) in [6.45, 7) is 5.02. The van der Waals surface area contributed by atoms with Gasteiger partial charge in [0.1, 0.15) is 6.04 Å². The second-order valence-electron chi connectivity index (χ2n) is 9.79. The zero-order valence-corrected chi connectivity index (χ0v) is 20.4. The van der Waals surface area contributed by atoms with Gasteiger partial charge in [0.2, 0.25) is 5.91 Å². The van der Waals surface area contributed by atoms with Gasteiger partial charge in [0.25, 0.3) is 5.91 Å². The molecule has 0 radical (unpaired) electrons. The number of piperidine rings is 1. The second kappa shape index (κ2) is 9.19. The summed E-state index contributed by atoms with van der Waals surface area (Å²) in [5.41, 5.74) is 3.02. The highest BCUT2D eigenvalue weighted by molar-refractivity contribution is 6.27. The van der Waals surface area contributed by atoms with Crippen molar-refractivity contribution in [3.05, 3.63) is 89.1 Å². The van der Waals surface area contributed by atoms with Crippen LogP contribution in [0.5, 0.6) is 0 Å². The second-order valence-corrected chi connectivity index (χ2v) is 9.79. The number of carbonyl (C=O) groups excluding carboxylic acids is 2. The van der Waals surface area contributed by atoms with Crippen LogP contribution in [0.3, 0.4) is 0 Å². The van der Waals surface area contributed by atoms with Crippen molar-refractivity contribution in [2.24, 2.45) is 0 Å². The molecule has 6 nitrogen and oxygen atoms in total. The summed E-state index contributed by atoms with van der Waals surface area (Å²) in [6.07, 6.45) is -0.849. The number of carbonyl (C=O) groups is 2. The Morgan fingerprint density at radius 3 is 2.50 bits per heavy atom. The van der Waals surface area contributed by atoms with E-state index >= 15 is 0 Å². The number of likely N-dealkylation sites (N-methyl/N-ethyl adjacent to an activating group) is 1. The molecule has 3 aliphatic rings. The van der Waals surface area contributed by atoms with Gasteiger partial charge in [-0.2, -0.15) is 0 Å². The van der Waals surface area contributed by atoms with Crippen LogP contribution in [0, 0.1) is 0 Å². The molecular formula is C30H32N4O2. The molecule has 3 aliphatic heterocycles. The standard InChI is InChI=1S/C30H32N4O2/c1-20-6-12-27(29(35)31-20)34-26-13-11-23(24-4-3-5-25(28(24)26)30(34)36)18-21-7-9-22(10-8-21)19-33-16-14-32(2)15-17-33/h3-5,7-11,13,27H,1,6,12,14-19H2,2H3,(H,31,35)/i18D2,19D2. The van der Waals surface area contributed by atoms with E-state index in [-0.39, 0.29) is 11.8 Å². The molecule has 0 spiro atoms. The first-order chi connectivity index (χ1) is 19.0. The largest absolute Gasteiger partial charge is 0.329 e. The Labute approximate surface area is 217 Å². The average molecular weight is 485 g/mol. The third-order valence-corrected chi connectivity index (χ3v) is 7.32. The van der Waals surface area contributed by atoms with Crippen LogP contribution in [0.4, 0.5) is 5.69 Å². The topological polar surface area (TPSA) is 55.9 Å². The first kappa shape index (κ1) is 18.7. The first-order valence-corrected chi connectivity index (χ1v) is 12.4. The number of hydrogen-bond donors (Lipinski definition) is 1. The fraction of sp³-hybridized carbons (Fsp3) is 0.333. The molecule has 3 heterocycles. The number of piperazine rings is 1. The minimum Gasteiger partial charge on any atom is -0.329 e. The number of nitrogens with zero attached hydrogens (tertiary/aromatic N) is 3. The minimum absolute atomic E-state index is 0.263. The van der Waals surface area contributed by atoms with E-state index in [1.807, 2.05) is 18.0 Å². The van der Waals surface area contributed by atoms with Crippen LogP contribution in [0.1, 0.15) is 45.4 Å². The van der Waals surface area contributed by atoms with Gasteiger partial charge in [0, 0.05) is 54.8 Å². The van der Waals surface area contributed by atoms with Crippen LogP contribution in [0.25, 0.3) is 10.8 Å². The summed E-state index contributed by atoms with van der Waals surface area (Å²) in [5, 5.41) is 4.03. The Morgan fingerprint density at radius 2 is 1.75 bits per heavy atom. The molecule has 2 saturated heterocycles. The molecule has 3 aromatic carbocycles. The van der Waals surface area contributed by atoms with Gasteiger partial charge >= 0.3 is 0 Å². The molecule has 1 unspecified atom stereocenters. The van der Waals surface area contributed by atoms with Gasteiger partial charge in [-0.15, -0.1) is 0 Å². The lowest BCUT2D eigenvalue weighted by Gasteiger charge is -2.32. The van der Waals surface area contributed by atoms with Gasteiger partial charge in [0.05, 0.1) is 5.69 Å². The van der Waals surface area contributed by atoms with Crippen molar-refractivity contribution in [1.82, 2.24) is 15.1 Å². The van der Waals surface area contributed by atoms with Crippen molar-refractivity contribution in [2.45, 2.75) is 31.8 Å². The maximum atomic E-state index is 13.5. The van der Waals surface area contributed by atoms with E-state index in [1.165, 1.54) is 4.90 Å². The number of rotatable bonds is 5. The van der Waals surface area contributed by atoms with Crippen molar-refractivity contribution < 1.29 is 15.1 Å². The quantitative estimate of drug-likeness (QED) is 0.596. The van der Waals surface area contributed by atoms with Gasteiger partial charge in [-0.05, 0) is 60.5 Å². The van der Waals surface area contributed by atoms with Gasteiger partial charge in [-0.25, -0.2) is 0 Å². The lowest BCUT2D eigenvalue weighted by molar-refractivity contribution is -0.122. The molecule has 0 saturated carbocycles. The lowest BCUT2D eigenvalue weighted by Crippen LogP contribution is -2.51. The number of hydrogen-bond acceptors (Lipinski definition) is 4. The molecule has 6 rings (SSSR count). The molecular weight excluding hydrogens is 448 g/mol. The molecule has 6 heteroatoms. The fourth-order valence-electron chi connectivity index (χ4n) is 5.32. The van der Waals surface area contributed by atoms with E-state index in [0.717, 1.165) is 13.1 Å². The van der Waals surface area contributed by atoms with E-state index in [9.17, 15) is 9.59 Å². The van der Waals surface area contributed by atoms with Crippen molar-refractivity contribution >= 4 is 28.3 Å². The highest BCUT2D eigenvalue weighted by Gasteiger charge is 2.39. The molecule has 2 fully saturated rings. The molecule has 36 heavy (non-hydrogen) atoms. The predicted molar refractivity (Wildman–Crippen MR) is 143 cm³/mol. The molecule has 2 amide bonds. The van der Waals surface area contributed by atoms with Gasteiger partial charge in [-0.1, -0.05) is 49.0 Å². The van der Waals surface area contributed by atoms with Crippen LogP contribution in [0.15, 0.2) is 66.9 Å². The Morgan fingerprint density at radius 1 is 1.00 bits per heavy atom. The van der Waals surface area contributed by atoms with E-state index in [0.29, 0.717) is 70.3 Å². The van der Waals surface area contributed by atoms with E-state index in [4.69, 9.17) is 5.48 Å². The zero-order chi connectivity index (χ0) is 28.4.